The summed E-state index contributed by atoms with van der Waals surface area (Å²) < 4.78 is 37.5. The number of nitrogens with two attached hydrogens (primary N) is 1. The van der Waals surface area contributed by atoms with Crippen molar-refractivity contribution in [3.63, 3.8) is 0 Å². The maximum Gasteiger partial charge on any atom is 0.433 e. The highest BCUT2D eigenvalue weighted by molar-refractivity contribution is 5.25. The van der Waals surface area contributed by atoms with Gasteiger partial charge in [0.2, 0.25) is 5.95 Å². The summed E-state index contributed by atoms with van der Waals surface area (Å²) in [6.45, 7) is 1.10. The summed E-state index contributed by atoms with van der Waals surface area (Å²) in [6, 6.07) is 1.03. The number of halogens is 3. The van der Waals surface area contributed by atoms with Gasteiger partial charge >= 0.3 is 6.18 Å². The lowest BCUT2D eigenvalue weighted by Gasteiger charge is -2.25. The van der Waals surface area contributed by atoms with Crippen LogP contribution in [0.4, 0.5) is 19.1 Å². The number of hydrogen-bond donors (Lipinski definition) is 3. The normalized spacial score (nSPS) is 23.0. The molecule has 21 heavy (non-hydrogen) atoms. The Morgan fingerprint density at radius 2 is 2.10 bits per heavy atom. The highest BCUT2D eigenvalue weighted by Crippen LogP contribution is 2.27. The largest absolute Gasteiger partial charge is 0.433 e. The Morgan fingerprint density at radius 3 is 2.81 bits per heavy atom. The van der Waals surface area contributed by atoms with E-state index in [9.17, 15) is 18.3 Å². The second-order valence-electron chi connectivity index (χ2n) is 5.23. The predicted molar refractivity (Wildman–Crippen MR) is 70.6 cm³/mol. The molecule has 0 amide bonds. The predicted octanol–water partition coefficient (Wildman–Crippen LogP) is 0.774. The number of quaternary nitrogens is 1. The van der Waals surface area contributed by atoms with Gasteiger partial charge in [-0.15, -0.1) is 0 Å². The van der Waals surface area contributed by atoms with Crippen LogP contribution in [0.1, 0.15) is 31.4 Å². The lowest BCUT2D eigenvalue weighted by atomic mass is 9.93. The Balaban J connectivity index is 1.76. The molecule has 118 valence electrons. The zero-order chi connectivity index (χ0) is 15.3. The van der Waals surface area contributed by atoms with Crippen LogP contribution in [-0.2, 0) is 6.18 Å². The Labute approximate surface area is 121 Å². The van der Waals surface area contributed by atoms with E-state index in [-0.39, 0.29) is 18.1 Å². The van der Waals surface area contributed by atoms with Gasteiger partial charge in [-0.2, -0.15) is 13.2 Å². The maximum atomic E-state index is 12.5. The average molecular weight is 305 g/mol. The molecule has 0 saturated heterocycles. The number of aliphatic hydroxyl groups excluding tert-OH is 1. The van der Waals surface area contributed by atoms with E-state index in [2.05, 4.69) is 15.3 Å². The van der Waals surface area contributed by atoms with Gasteiger partial charge in [-0.25, -0.2) is 9.97 Å². The maximum absolute atomic E-state index is 12.5. The molecule has 1 aromatic rings. The Hall–Kier alpha value is -1.41. The highest BCUT2D eigenvalue weighted by atomic mass is 19.4. The van der Waals surface area contributed by atoms with Crippen LogP contribution in [0.15, 0.2) is 12.3 Å². The second-order valence-corrected chi connectivity index (χ2v) is 5.23. The first-order chi connectivity index (χ1) is 9.97. The minimum atomic E-state index is -4.46. The number of hydrogen-bond acceptors (Lipinski definition) is 4. The third kappa shape index (κ3) is 4.82. The summed E-state index contributed by atoms with van der Waals surface area (Å²) in [4.78, 5) is 7.20. The lowest BCUT2D eigenvalue weighted by Crippen LogP contribution is -2.93. The van der Waals surface area contributed by atoms with Gasteiger partial charge in [0.25, 0.3) is 0 Å². The highest BCUT2D eigenvalue weighted by Gasteiger charge is 2.32. The van der Waals surface area contributed by atoms with Crippen LogP contribution in [0.2, 0.25) is 0 Å². The molecule has 5 nitrogen and oxygen atoms in total. The molecule has 1 saturated carbocycles. The third-order valence-electron chi connectivity index (χ3n) is 3.62. The number of rotatable bonds is 5. The molecule has 0 unspecified atom stereocenters. The minimum Gasteiger partial charge on any atom is -0.387 e. The van der Waals surface area contributed by atoms with E-state index >= 15 is 0 Å². The first-order valence-corrected chi connectivity index (χ1v) is 7.12. The molecule has 0 bridgehead atoms. The zero-order valence-electron chi connectivity index (χ0n) is 11.6. The van der Waals surface area contributed by atoms with E-state index in [4.69, 9.17) is 0 Å². The van der Waals surface area contributed by atoms with Crippen LogP contribution in [0.3, 0.4) is 0 Å². The number of alkyl halides is 3. The number of nitrogens with one attached hydrogen (secondary N) is 1. The van der Waals surface area contributed by atoms with E-state index in [1.165, 1.54) is 0 Å². The fraction of sp³-hybridized carbons (Fsp3) is 0.692. The molecule has 8 heteroatoms. The molecular formula is C13H20F3N4O+. The summed E-state index contributed by atoms with van der Waals surface area (Å²) >= 11 is 0. The summed E-state index contributed by atoms with van der Waals surface area (Å²) in [5, 5.41) is 14.6. The summed E-state index contributed by atoms with van der Waals surface area (Å²) in [5.74, 6) is -0.0255. The Bertz CT molecular complexity index is 455. The van der Waals surface area contributed by atoms with Crippen LogP contribution < -0.4 is 10.6 Å². The number of aliphatic hydroxyl groups is 1. The minimum absolute atomic E-state index is 0.0255. The van der Waals surface area contributed by atoms with Crippen molar-refractivity contribution in [2.45, 2.75) is 44.0 Å². The molecule has 2 rings (SSSR count). The molecular weight excluding hydrogens is 285 g/mol. The van der Waals surface area contributed by atoms with Crippen LogP contribution in [0, 0.1) is 0 Å². The first-order valence-electron chi connectivity index (χ1n) is 7.12. The van der Waals surface area contributed by atoms with Crippen LogP contribution >= 0.6 is 0 Å². The van der Waals surface area contributed by atoms with Gasteiger partial charge in [-0.05, 0) is 18.9 Å². The van der Waals surface area contributed by atoms with Crippen molar-refractivity contribution in [1.29, 1.82) is 0 Å². The van der Waals surface area contributed by atoms with E-state index in [1.54, 1.807) is 0 Å². The second kappa shape index (κ2) is 7.04. The third-order valence-corrected chi connectivity index (χ3v) is 3.62. The van der Waals surface area contributed by atoms with Gasteiger partial charge < -0.3 is 15.7 Å². The van der Waals surface area contributed by atoms with Crippen molar-refractivity contribution in [3.05, 3.63) is 18.0 Å². The van der Waals surface area contributed by atoms with Crippen molar-refractivity contribution < 1.29 is 23.6 Å². The van der Waals surface area contributed by atoms with E-state index in [0.717, 1.165) is 37.9 Å². The molecule has 1 aromatic heterocycles. The van der Waals surface area contributed by atoms with Crippen molar-refractivity contribution >= 4 is 5.95 Å². The molecule has 1 fully saturated rings. The fourth-order valence-corrected chi connectivity index (χ4v) is 2.50. The van der Waals surface area contributed by atoms with Gasteiger partial charge in [0.05, 0.1) is 13.1 Å². The van der Waals surface area contributed by atoms with Gasteiger partial charge in [0, 0.05) is 12.6 Å². The monoisotopic (exact) mass is 305 g/mol. The number of aromatic nitrogens is 2. The smallest absolute Gasteiger partial charge is 0.387 e. The summed E-state index contributed by atoms with van der Waals surface area (Å²) in [5.41, 5.74) is -0.952. The molecule has 1 heterocycles. The molecule has 0 aliphatic heterocycles. The van der Waals surface area contributed by atoms with Crippen molar-refractivity contribution in [2.75, 3.05) is 18.4 Å². The van der Waals surface area contributed by atoms with Crippen molar-refractivity contribution in [1.82, 2.24) is 9.97 Å². The standard InChI is InChI=1S/C13H19F3N4O/c14-13(15,16)11-5-6-18-12(20-11)19-8-7-17-9-3-1-2-4-10(9)21/h5-6,9-10,17,21H,1-4,7-8H2,(H,18,19,20)/p+1/t9-,10-/m1/s1. The van der Waals surface area contributed by atoms with Crippen LogP contribution in [0.25, 0.3) is 0 Å². The van der Waals surface area contributed by atoms with Gasteiger partial charge in [-0.1, -0.05) is 6.42 Å². The van der Waals surface area contributed by atoms with Gasteiger partial charge in [0.15, 0.2) is 0 Å². The molecule has 1 aliphatic carbocycles. The average Bonchev–Trinajstić information content (AvgIpc) is 2.45. The molecule has 0 spiro atoms. The van der Waals surface area contributed by atoms with E-state index < -0.39 is 11.9 Å². The molecule has 4 N–H and O–H groups in total. The van der Waals surface area contributed by atoms with Crippen LogP contribution in [0.5, 0.6) is 0 Å². The molecule has 0 radical (unpaired) electrons. The van der Waals surface area contributed by atoms with E-state index in [0.29, 0.717) is 13.1 Å². The quantitative estimate of drug-likeness (QED) is 0.703. The zero-order valence-corrected chi connectivity index (χ0v) is 11.6. The van der Waals surface area contributed by atoms with Crippen molar-refractivity contribution in [3.8, 4) is 0 Å². The molecule has 1 aliphatic rings. The van der Waals surface area contributed by atoms with Crippen molar-refractivity contribution in [2.24, 2.45) is 0 Å². The van der Waals surface area contributed by atoms with Gasteiger partial charge in [-0.3, -0.25) is 0 Å². The summed E-state index contributed by atoms with van der Waals surface area (Å²) in [7, 11) is 0. The molecule has 0 aromatic carbocycles. The lowest BCUT2D eigenvalue weighted by molar-refractivity contribution is -0.696. The number of nitrogens with zero attached hydrogens (tertiary/aromatic N) is 2. The Morgan fingerprint density at radius 1 is 1.33 bits per heavy atom. The van der Waals surface area contributed by atoms with E-state index in [1.807, 2.05) is 5.32 Å². The van der Waals surface area contributed by atoms with Gasteiger partial charge in [0.1, 0.15) is 17.8 Å². The fourth-order valence-electron chi connectivity index (χ4n) is 2.50. The Kier molecular flexibility index (Phi) is 5.35. The molecule has 2 atom stereocenters. The first kappa shape index (κ1) is 16.0. The number of anilines is 1. The topological polar surface area (TPSA) is 74.7 Å². The summed E-state index contributed by atoms with van der Waals surface area (Å²) in [6.07, 6.45) is 0.310. The van der Waals surface area contributed by atoms with Crippen LogP contribution in [-0.4, -0.2) is 40.3 Å². The SMILES string of the molecule is O[C@@H]1CCCC[C@H]1[NH2+]CCNc1nccc(C(F)(F)F)n1.